The second-order valence-corrected chi connectivity index (χ2v) is 12.1. The number of rotatable bonds is 15. The van der Waals surface area contributed by atoms with E-state index in [0.717, 1.165) is 63.1 Å². The van der Waals surface area contributed by atoms with E-state index in [-0.39, 0.29) is 24.3 Å². The summed E-state index contributed by atoms with van der Waals surface area (Å²) in [6.07, 6.45) is 8.78. The summed E-state index contributed by atoms with van der Waals surface area (Å²) in [6.45, 7) is 4.04. The molecule has 0 aliphatic carbocycles. The maximum atomic E-state index is 12.5. The molecule has 6 aromatic rings. The van der Waals surface area contributed by atoms with E-state index >= 15 is 0 Å². The maximum absolute atomic E-state index is 12.5. The molecule has 260 valence electrons. The van der Waals surface area contributed by atoms with Crippen molar-refractivity contribution in [3.05, 3.63) is 108 Å². The number of para-hydroxylation sites is 3. The van der Waals surface area contributed by atoms with Gasteiger partial charge >= 0.3 is 5.97 Å². The van der Waals surface area contributed by atoms with Gasteiger partial charge in [-0.15, -0.1) is 0 Å². The minimum atomic E-state index is -0.862. The Morgan fingerprint density at radius 2 is 1.36 bits per heavy atom. The summed E-state index contributed by atoms with van der Waals surface area (Å²) >= 11 is 0. The molecule has 0 fully saturated rings. The van der Waals surface area contributed by atoms with Gasteiger partial charge in [0.05, 0.1) is 38.2 Å². The number of fused-ring (bicyclic) bond motifs is 3. The lowest BCUT2D eigenvalue weighted by molar-refractivity contribution is -0.135. The number of nitrogens with zero attached hydrogens (tertiary/aromatic N) is 2. The van der Waals surface area contributed by atoms with E-state index in [2.05, 4.69) is 21.2 Å². The van der Waals surface area contributed by atoms with Gasteiger partial charge in [-0.3, -0.25) is 14.4 Å². The molecule has 11 nitrogen and oxygen atoms in total. The maximum Gasteiger partial charge on any atom is 0.379 e. The second-order valence-electron chi connectivity index (χ2n) is 12.1. The average molecular weight is 678 g/mol. The molecule has 1 unspecified atom stereocenters. The SMILES string of the molecule is CCC(CCCn1cc(C(=O)C(=O)OC)c2ccccc21)OCCn1cc(CC(N)=O)c2ccccc21.NC(=O)Cc1c[nH]c2ccccc12. The minimum Gasteiger partial charge on any atom is -0.463 e. The Morgan fingerprint density at radius 3 is 2.04 bits per heavy atom. The predicted octanol–water partition coefficient (Wildman–Crippen LogP) is 5.45. The largest absolute Gasteiger partial charge is 0.463 e. The number of aromatic nitrogens is 3. The van der Waals surface area contributed by atoms with Gasteiger partial charge in [0.15, 0.2) is 0 Å². The number of H-pyrrole nitrogens is 1. The molecule has 3 aromatic heterocycles. The van der Waals surface area contributed by atoms with Crippen molar-refractivity contribution in [2.45, 2.75) is 58.2 Å². The molecule has 3 aromatic carbocycles. The molecular formula is C39H43N5O6. The van der Waals surface area contributed by atoms with Crippen molar-refractivity contribution in [2.24, 2.45) is 11.5 Å². The zero-order valence-electron chi connectivity index (χ0n) is 28.4. The Kier molecular flexibility index (Phi) is 11.8. The third kappa shape index (κ3) is 8.48. The molecule has 11 heteroatoms. The highest BCUT2D eigenvalue weighted by Crippen LogP contribution is 2.24. The Hall–Kier alpha value is -5.68. The quantitative estimate of drug-likeness (QED) is 0.0743. The summed E-state index contributed by atoms with van der Waals surface area (Å²) in [7, 11) is 1.21. The zero-order chi connectivity index (χ0) is 35.6. The van der Waals surface area contributed by atoms with Gasteiger partial charge in [0.25, 0.3) is 5.78 Å². The molecule has 0 spiro atoms. The average Bonchev–Trinajstić information content (AvgIpc) is 3.80. The van der Waals surface area contributed by atoms with E-state index < -0.39 is 11.8 Å². The molecule has 50 heavy (non-hydrogen) atoms. The van der Waals surface area contributed by atoms with Gasteiger partial charge < -0.3 is 35.1 Å². The predicted molar refractivity (Wildman–Crippen MR) is 194 cm³/mol. The highest BCUT2D eigenvalue weighted by molar-refractivity contribution is 6.43. The molecule has 0 radical (unpaired) electrons. The number of carbonyl (C=O) groups excluding carboxylic acids is 4. The first-order valence-electron chi connectivity index (χ1n) is 16.7. The van der Waals surface area contributed by atoms with Crippen molar-refractivity contribution in [3.63, 3.8) is 0 Å². The standard InChI is InChI=1S/C29H33N3O5.C10H10N2O/c1-3-21(37-16-15-32-18-20(17-27(30)33)22-10-4-6-12-25(22)32)9-8-14-31-19-24(28(34)29(35)36-2)23-11-5-7-13-26(23)31;11-10(13)5-7-6-12-9-4-2-1-3-8(7)9/h4-7,10-13,18-19,21H,3,8-9,14-17H2,1-2H3,(H2,30,33);1-4,6,12H,5H2,(H2,11,13). The molecule has 0 saturated carbocycles. The van der Waals surface area contributed by atoms with E-state index in [9.17, 15) is 19.2 Å². The normalized spacial score (nSPS) is 11.7. The van der Waals surface area contributed by atoms with Crippen LogP contribution in [-0.4, -0.2) is 57.5 Å². The number of ether oxygens (including phenoxy) is 2. The molecule has 0 aliphatic rings. The lowest BCUT2D eigenvalue weighted by Gasteiger charge is -2.17. The number of Topliss-reactive ketones (excluding diaryl/α,β-unsaturated/α-hetero) is 1. The molecule has 0 saturated heterocycles. The number of hydrogen-bond acceptors (Lipinski definition) is 6. The molecular weight excluding hydrogens is 634 g/mol. The van der Waals surface area contributed by atoms with Gasteiger partial charge in [-0.05, 0) is 48.6 Å². The van der Waals surface area contributed by atoms with Gasteiger partial charge in [-0.2, -0.15) is 0 Å². The van der Waals surface area contributed by atoms with Crippen molar-refractivity contribution in [1.82, 2.24) is 14.1 Å². The number of hydrogen-bond donors (Lipinski definition) is 3. The Bertz CT molecular complexity index is 2120. The van der Waals surface area contributed by atoms with E-state index in [0.29, 0.717) is 31.7 Å². The number of nitrogens with one attached hydrogen (secondary N) is 1. The van der Waals surface area contributed by atoms with Crippen LogP contribution in [0.5, 0.6) is 0 Å². The fourth-order valence-electron chi connectivity index (χ4n) is 6.33. The Balaban J connectivity index is 0.000000311. The summed E-state index contributed by atoms with van der Waals surface area (Å²) in [5.74, 6) is -2.14. The number of primary amides is 2. The number of aromatic amines is 1. The first-order valence-corrected chi connectivity index (χ1v) is 16.7. The van der Waals surface area contributed by atoms with Gasteiger partial charge in [0.2, 0.25) is 11.8 Å². The molecule has 5 N–H and O–H groups in total. The number of amides is 2. The van der Waals surface area contributed by atoms with Crippen LogP contribution in [0, 0.1) is 0 Å². The zero-order valence-corrected chi connectivity index (χ0v) is 28.4. The lowest BCUT2D eigenvalue weighted by atomic mass is 10.1. The van der Waals surface area contributed by atoms with Crippen molar-refractivity contribution >= 4 is 56.3 Å². The van der Waals surface area contributed by atoms with E-state index in [1.54, 1.807) is 6.20 Å². The molecule has 6 rings (SSSR count). The monoisotopic (exact) mass is 677 g/mol. The van der Waals surface area contributed by atoms with Gasteiger partial charge in [-0.1, -0.05) is 61.5 Å². The number of benzene rings is 3. The topological polar surface area (TPSA) is 164 Å². The lowest BCUT2D eigenvalue weighted by Crippen LogP contribution is -2.16. The number of ketones is 1. The summed E-state index contributed by atoms with van der Waals surface area (Å²) in [4.78, 5) is 49.6. The number of nitrogens with two attached hydrogens (primary N) is 2. The third-order valence-corrected chi connectivity index (χ3v) is 8.75. The highest BCUT2D eigenvalue weighted by atomic mass is 16.5. The van der Waals surface area contributed by atoms with Crippen LogP contribution in [0.4, 0.5) is 0 Å². The van der Waals surface area contributed by atoms with Crippen molar-refractivity contribution in [3.8, 4) is 0 Å². The summed E-state index contributed by atoms with van der Waals surface area (Å²) in [6, 6.07) is 23.4. The van der Waals surface area contributed by atoms with Crippen molar-refractivity contribution < 1.29 is 28.7 Å². The minimum absolute atomic E-state index is 0.102. The van der Waals surface area contributed by atoms with E-state index in [1.807, 2.05) is 89.8 Å². The molecule has 2 amide bonds. The van der Waals surface area contributed by atoms with Crippen LogP contribution in [0.2, 0.25) is 0 Å². The molecule has 0 aliphatic heterocycles. The van der Waals surface area contributed by atoms with Crippen LogP contribution in [-0.2, 0) is 49.8 Å². The fourth-order valence-corrected chi connectivity index (χ4v) is 6.33. The van der Waals surface area contributed by atoms with Gasteiger partial charge in [0, 0.05) is 64.4 Å². The number of esters is 1. The first-order chi connectivity index (χ1) is 24.2. The van der Waals surface area contributed by atoms with Crippen LogP contribution in [0.3, 0.4) is 0 Å². The molecule has 0 bridgehead atoms. The summed E-state index contributed by atoms with van der Waals surface area (Å²) in [5.41, 5.74) is 15.8. The van der Waals surface area contributed by atoms with E-state index in [4.69, 9.17) is 16.2 Å². The summed E-state index contributed by atoms with van der Waals surface area (Å²) < 4.78 is 15.0. The number of methoxy groups -OCH3 is 1. The molecule has 1 atom stereocenters. The Labute approximate surface area is 290 Å². The second kappa shape index (κ2) is 16.6. The van der Waals surface area contributed by atoms with Gasteiger partial charge in [0.1, 0.15) is 0 Å². The van der Waals surface area contributed by atoms with Crippen molar-refractivity contribution in [1.29, 1.82) is 0 Å². The third-order valence-electron chi connectivity index (χ3n) is 8.75. The van der Waals surface area contributed by atoms with Crippen molar-refractivity contribution in [2.75, 3.05) is 13.7 Å². The fraction of sp³-hybridized carbons (Fsp3) is 0.282. The van der Waals surface area contributed by atoms with Crippen LogP contribution >= 0.6 is 0 Å². The van der Waals surface area contributed by atoms with Crippen LogP contribution < -0.4 is 11.5 Å². The molecule has 3 heterocycles. The van der Waals surface area contributed by atoms with Crippen LogP contribution in [0.1, 0.15) is 47.7 Å². The van der Waals surface area contributed by atoms with Crippen LogP contribution in [0.15, 0.2) is 91.4 Å². The highest BCUT2D eigenvalue weighted by Gasteiger charge is 2.22. The van der Waals surface area contributed by atoms with E-state index in [1.165, 1.54) is 7.11 Å². The first kappa shape index (κ1) is 35.6. The smallest absolute Gasteiger partial charge is 0.379 e. The number of aryl methyl sites for hydroxylation is 1. The van der Waals surface area contributed by atoms with Crippen LogP contribution in [0.25, 0.3) is 32.7 Å². The number of carbonyl (C=O) groups is 4. The summed E-state index contributed by atoms with van der Waals surface area (Å²) in [5, 5.41) is 2.86. The van der Waals surface area contributed by atoms with Gasteiger partial charge in [-0.25, -0.2) is 4.79 Å². The Morgan fingerprint density at radius 1 is 0.760 bits per heavy atom.